The number of nitrogens with two attached hydrogens (primary N) is 1. The van der Waals surface area contributed by atoms with Gasteiger partial charge in [0.2, 0.25) is 0 Å². The lowest BCUT2D eigenvalue weighted by atomic mass is 10.0. The van der Waals surface area contributed by atoms with E-state index in [0.717, 1.165) is 29.4 Å². The molecular weight excluding hydrogens is 232 g/mol. The van der Waals surface area contributed by atoms with E-state index in [2.05, 4.69) is 19.9 Å². The summed E-state index contributed by atoms with van der Waals surface area (Å²) in [7, 11) is 0. The molecule has 0 bridgehead atoms. The molecular formula is C12H18N4S. The quantitative estimate of drug-likeness (QED) is 0.904. The molecule has 0 aliphatic heterocycles. The lowest BCUT2D eigenvalue weighted by Crippen LogP contribution is -2.31. The number of aromatic nitrogens is 3. The molecule has 92 valence electrons. The van der Waals surface area contributed by atoms with Crippen LogP contribution in [0, 0.1) is 6.92 Å². The zero-order chi connectivity index (χ0) is 12.5. The Kier molecular flexibility index (Phi) is 3.31. The Morgan fingerprint density at radius 3 is 2.82 bits per heavy atom. The molecule has 0 saturated carbocycles. The molecule has 2 N–H and O–H groups in total. The highest BCUT2D eigenvalue weighted by Crippen LogP contribution is 2.17. The van der Waals surface area contributed by atoms with Crippen LogP contribution in [-0.4, -0.2) is 14.5 Å². The van der Waals surface area contributed by atoms with Crippen molar-refractivity contribution in [1.82, 2.24) is 14.5 Å². The van der Waals surface area contributed by atoms with Crippen molar-refractivity contribution in [2.24, 2.45) is 5.73 Å². The van der Waals surface area contributed by atoms with Gasteiger partial charge in [-0.2, -0.15) is 0 Å². The normalized spacial score (nSPS) is 12.0. The molecule has 2 heterocycles. The van der Waals surface area contributed by atoms with Gasteiger partial charge in [-0.05, 0) is 20.8 Å². The zero-order valence-corrected chi connectivity index (χ0v) is 11.3. The maximum Gasteiger partial charge on any atom is 0.0948 e. The smallest absolute Gasteiger partial charge is 0.0948 e. The summed E-state index contributed by atoms with van der Waals surface area (Å²) in [6.07, 6.45) is 4.61. The highest BCUT2D eigenvalue weighted by atomic mass is 32.1. The Morgan fingerprint density at radius 1 is 1.47 bits per heavy atom. The van der Waals surface area contributed by atoms with E-state index in [9.17, 15) is 0 Å². The fourth-order valence-electron chi connectivity index (χ4n) is 1.77. The molecule has 0 aliphatic rings. The van der Waals surface area contributed by atoms with Crippen LogP contribution in [0.3, 0.4) is 0 Å². The topological polar surface area (TPSA) is 56.7 Å². The van der Waals surface area contributed by atoms with E-state index in [-0.39, 0.29) is 5.54 Å². The number of hydrogen-bond donors (Lipinski definition) is 1. The third kappa shape index (κ3) is 2.92. The van der Waals surface area contributed by atoms with Gasteiger partial charge in [0, 0.05) is 30.2 Å². The highest BCUT2D eigenvalue weighted by Gasteiger charge is 2.18. The van der Waals surface area contributed by atoms with Gasteiger partial charge in [-0.1, -0.05) is 0 Å². The highest BCUT2D eigenvalue weighted by molar-refractivity contribution is 7.09. The Labute approximate surface area is 106 Å². The molecule has 2 aromatic heterocycles. The molecule has 4 nitrogen and oxygen atoms in total. The van der Waals surface area contributed by atoms with Crippen LogP contribution in [-0.2, 0) is 18.5 Å². The monoisotopic (exact) mass is 250 g/mol. The first kappa shape index (κ1) is 12.3. The second-order valence-electron chi connectivity index (χ2n) is 4.83. The Morgan fingerprint density at radius 2 is 2.24 bits per heavy atom. The van der Waals surface area contributed by atoms with Crippen molar-refractivity contribution in [1.29, 1.82) is 0 Å². The fourth-order valence-corrected chi connectivity index (χ4v) is 2.53. The fraction of sp³-hybridized carbons (Fsp3) is 0.500. The first-order valence-electron chi connectivity index (χ1n) is 5.67. The SMILES string of the molecule is Cc1csc(CCn2cncc2C(C)(C)N)n1. The second-order valence-corrected chi connectivity index (χ2v) is 5.77. The van der Waals surface area contributed by atoms with Gasteiger partial charge in [0.05, 0.1) is 22.6 Å². The van der Waals surface area contributed by atoms with Gasteiger partial charge in [0.25, 0.3) is 0 Å². The standard InChI is InChI=1S/C12H18N4S/c1-9-7-17-11(15-9)4-5-16-8-14-6-10(16)12(2,3)13/h6-8H,4-5,13H2,1-3H3. The molecule has 2 rings (SSSR count). The third-order valence-electron chi connectivity index (χ3n) is 2.61. The minimum atomic E-state index is -0.352. The van der Waals surface area contributed by atoms with Gasteiger partial charge in [-0.3, -0.25) is 0 Å². The summed E-state index contributed by atoms with van der Waals surface area (Å²) >= 11 is 1.71. The molecule has 5 heteroatoms. The Bertz CT molecular complexity index is 493. The summed E-state index contributed by atoms with van der Waals surface area (Å²) < 4.78 is 2.11. The molecule has 0 radical (unpaired) electrons. The van der Waals surface area contributed by atoms with Gasteiger partial charge in [0.1, 0.15) is 0 Å². The number of imidazole rings is 1. The number of rotatable bonds is 4. The molecule has 0 spiro atoms. The van der Waals surface area contributed by atoms with Crippen molar-refractivity contribution >= 4 is 11.3 Å². The lowest BCUT2D eigenvalue weighted by Gasteiger charge is -2.20. The summed E-state index contributed by atoms with van der Waals surface area (Å²) in [4.78, 5) is 8.63. The van der Waals surface area contributed by atoms with Crippen LogP contribution in [0.25, 0.3) is 0 Å². The van der Waals surface area contributed by atoms with Crippen LogP contribution < -0.4 is 5.73 Å². The molecule has 0 fully saturated rings. The average molecular weight is 250 g/mol. The van der Waals surface area contributed by atoms with Crippen molar-refractivity contribution in [3.8, 4) is 0 Å². The van der Waals surface area contributed by atoms with Gasteiger partial charge < -0.3 is 10.3 Å². The van der Waals surface area contributed by atoms with Crippen LogP contribution in [0.1, 0.15) is 30.2 Å². The van der Waals surface area contributed by atoms with Crippen molar-refractivity contribution in [2.45, 2.75) is 39.3 Å². The van der Waals surface area contributed by atoms with E-state index in [1.54, 1.807) is 11.3 Å². The molecule has 0 atom stereocenters. The van der Waals surface area contributed by atoms with Crippen molar-refractivity contribution in [2.75, 3.05) is 0 Å². The summed E-state index contributed by atoms with van der Waals surface area (Å²) in [5.41, 5.74) is 7.90. The summed E-state index contributed by atoms with van der Waals surface area (Å²) in [5, 5.41) is 3.24. The van der Waals surface area contributed by atoms with Crippen molar-refractivity contribution in [3.63, 3.8) is 0 Å². The first-order valence-corrected chi connectivity index (χ1v) is 6.55. The van der Waals surface area contributed by atoms with Gasteiger partial charge in [0.15, 0.2) is 0 Å². The Balaban J connectivity index is 2.07. The van der Waals surface area contributed by atoms with Crippen LogP contribution in [0.15, 0.2) is 17.9 Å². The van der Waals surface area contributed by atoms with E-state index in [1.807, 2.05) is 33.3 Å². The van der Waals surface area contributed by atoms with E-state index < -0.39 is 0 Å². The molecule has 0 saturated heterocycles. The lowest BCUT2D eigenvalue weighted by molar-refractivity contribution is 0.491. The first-order chi connectivity index (χ1) is 7.97. The summed E-state index contributed by atoms with van der Waals surface area (Å²) in [6, 6.07) is 0. The number of aryl methyl sites for hydroxylation is 3. The van der Waals surface area contributed by atoms with Gasteiger partial charge in [-0.25, -0.2) is 9.97 Å². The number of hydrogen-bond acceptors (Lipinski definition) is 4. The van der Waals surface area contributed by atoms with Crippen LogP contribution in [0.4, 0.5) is 0 Å². The predicted octanol–water partition coefficient (Wildman–Crippen LogP) is 2.08. The van der Waals surface area contributed by atoms with Crippen molar-refractivity contribution in [3.05, 3.63) is 34.3 Å². The molecule has 0 aromatic carbocycles. The third-order valence-corrected chi connectivity index (χ3v) is 3.63. The molecule has 0 aliphatic carbocycles. The molecule has 0 amide bonds. The predicted molar refractivity (Wildman–Crippen MR) is 70.0 cm³/mol. The summed E-state index contributed by atoms with van der Waals surface area (Å²) in [5.74, 6) is 0. The zero-order valence-electron chi connectivity index (χ0n) is 10.5. The second kappa shape index (κ2) is 4.58. The van der Waals surface area contributed by atoms with E-state index in [1.165, 1.54) is 0 Å². The maximum absolute atomic E-state index is 6.10. The van der Waals surface area contributed by atoms with E-state index >= 15 is 0 Å². The summed E-state index contributed by atoms with van der Waals surface area (Å²) in [6.45, 7) is 6.89. The van der Waals surface area contributed by atoms with E-state index in [0.29, 0.717) is 0 Å². The van der Waals surface area contributed by atoms with Crippen LogP contribution in [0.2, 0.25) is 0 Å². The largest absolute Gasteiger partial charge is 0.333 e. The average Bonchev–Trinajstić information content (AvgIpc) is 2.81. The van der Waals surface area contributed by atoms with Crippen molar-refractivity contribution < 1.29 is 0 Å². The Hall–Kier alpha value is -1.20. The minimum Gasteiger partial charge on any atom is -0.333 e. The molecule has 0 unspecified atom stereocenters. The minimum absolute atomic E-state index is 0.352. The van der Waals surface area contributed by atoms with Gasteiger partial charge in [-0.15, -0.1) is 11.3 Å². The number of thiazole rings is 1. The number of nitrogens with zero attached hydrogens (tertiary/aromatic N) is 3. The van der Waals surface area contributed by atoms with Crippen LogP contribution in [0.5, 0.6) is 0 Å². The van der Waals surface area contributed by atoms with Gasteiger partial charge >= 0.3 is 0 Å². The molecule has 2 aromatic rings. The maximum atomic E-state index is 6.10. The van der Waals surface area contributed by atoms with E-state index in [4.69, 9.17) is 5.73 Å². The van der Waals surface area contributed by atoms with Crippen LogP contribution >= 0.6 is 11.3 Å². The molecule has 17 heavy (non-hydrogen) atoms.